The van der Waals surface area contributed by atoms with E-state index in [-0.39, 0.29) is 67.8 Å². The van der Waals surface area contributed by atoms with Crippen LogP contribution >= 0.6 is 45.9 Å². The number of benzene rings is 5. The van der Waals surface area contributed by atoms with Gasteiger partial charge in [-0.3, -0.25) is 43.0 Å². The van der Waals surface area contributed by atoms with E-state index in [1.807, 2.05) is 122 Å². The lowest BCUT2D eigenvalue weighted by Crippen LogP contribution is -2.46. The fourth-order valence-corrected chi connectivity index (χ4v) is 21.0. The van der Waals surface area contributed by atoms with Gasteiger partial charge in [-0.15, -0.1) is 22.7 Å². The maximum absolute atomic E-state index is 15.2. The molecule has 0 spiro atoms. The summed E-state index contributed by atoms with van der Waals surface area (Å²) in [6.45, 7) is 6.59. The van der Waals surface area contributed by atoms with Crippen molar-refractivity contribution in [1.82, 2.24) is 73.0 Å². The molecule has 16 atom stereocenters. The van der Waals surface area contributed by atoms with E-state index in [1.165, 1.54) is 57.8 Å². The lowest BCUT2D eigenvalue weighted by Gasteiger charge is -2.39. The number of rotatable bonds is 20. The number of nitrogen functional groups attached to an aromatic ring is 3. The third-order valence-electron chi connectivity index (χ3n) is 25.9. The number of nitrogens with two attached hydrogens (primary N) is 3. The Kier molecular flexibility index (Phi) is 28.7. The van der Waals surface area contributed by atoms with Gasteiger partial charge < -0.3 is 71.4 Å². The zero-order valence-electron chi connectivity index (χ0n) is 74.3. The first-order chi connectivity index (χ1) is 66.0. The molecule has 4 unspecified atom stereocenters. The highest BCUT2D eigenvalue weighted by atomic mass is 35.5. The Labute approximate surface area is 800 Å². The molecule has 0 bridgehead atoms. The zero-order chi connectivity index (χ0) is 97.7. The summed E-state index contributed by atoms with van der Waals surface area (Å²) in [5.74, 6) is -13.9. The van der Waals surface area contributed by atoms with Gasteiger partial charge in [0.25, 0.3) is 0 Å². The van der Waals surface area contributed by atoms with Crippen LogP contribution < -0.4 is 54.8 Å². The van der Waals surface area contributed by atoms with Crippen molar-refractivity contribution in [3.8, 4) is 11.5 Å². The van der Waals surface area contributed by atoms with Crippen LogP contribution in [0.15, 0.2) is 207 Å². The number of H-pyrrole nitrogens is 1. The Morgan fingerprint density at radius 3 is 1.38 bits per heavy atom. The number of aryl methyl sites for hydroxylation is 1. The van der Waals surface area contributed by atoms with Crippen LogP contribution in [0.2, 0.25) is 10.0 Å². The van der Waals surface area contributed by atoms with Crippen LogP contribution in [0.5, 0.6) is 11.5 Å². The Bertz CT molecular complexity index is 6600. The van der Waals surface area contributed by atoms with Crippen LogP contribution in [0, 0.1) is 6.92 Å². The number of aromatic nitrogens is 11. The standard InChI is InChI=1S/C26H27ClF2N4O5.C23H26F2N6O3S.C22H21ClF2N4O3S.C22H23F2N5O3/c1-36-18-11-15-7-9-32(22(17(15)12-19(18)37-2)14-3-5-16(27)6-4-14)13-20-23(34)26(28,29)24(38-20)33-10-8-21(30)31-25(33)35;1-2-27-21-28-15(12-35-21)16-9-13-5-3-4-6-14(13)10-30(16)11-17-19(32)23(24,25)20(34-17)31-8-7-18(26)29-22(31)33;23-13-3-1-12(2-4-13)18-14-7-10-33-16(14)5-8-28(18)11-15-19(30)22(24,25)20(32-15)29-9-6-17(26)27-21(29)31;1-13-7-11-29(21(31)26-13)20-22(23,24)19(30)17(32-20)12-28-10-8-14-4-2-3-5-15(14)18(28)16-6-9-25-27-16/h3-6,8,10-12,20,22-24,34H,7,9,13H2,1-2H3,(H2,30,31,35);3-8,12,16-17,19-20,32H,2,9-11H2,1H3,(H,27,28)(H2,26,29,33);1-4,6-7,9-10,15,18-20,30H,5,8,11H2,(H2,26,27,31);2-7,9,11,17-20,30H,8,10,12H2,1H3,(H,25,27)/t20-,22?,23-,24-;16?,17-,19-,20-;15-,18?,19-,20-;17-,18?,19-,20-/m1111/s1. The highest BCUT2D eigenvalue weighted by Crippen LogP contribution is 2.51. The number of nitrogens with one attached hydrogen (secondary N) is 2. The predicted octanol–water partition coefficient (Wildman–Crippen LogP) is 10.3. The Hall–Kier alpha value is -11.5. The molecule has 5 aromatic carbocycles. The van der Waals surface area contributed by atoms with Crippen LogP contribution in [0.4, 0.5) is 57.7 Å². The molecule has 8 aliphatic rings. The smallest absolute Gasteiger partial charge is 0.351 e. The Morgan fingerprint density at radius 2 is 0.913 bits per heavy atom. The first-order valence-electron chi connectivity index (χ1n) is 44.1. The molecule has 8 aliphatic heterocycles. The van der Waals surface area contributed by atoms with Gasteiger partial charge in [0, 0.05) is 116 Å². The third-order valence-corrected chi connectivity index (χ3v) is 28.2. The van der Waals surface area contributed by atoms with Gasteiger partial charge >= 0.3 is 46.4 Å². The molecule has 4 fully saturated rings. The minimum Gasteiger partial charge on any atom is -0.493 e. The Balaban J connectivity index is 0.000000128. The number of aliphatic hydroxyl groups excluding tert-OH is 4. The van der Waals surface area contributed by atoms with Crippen LogP contribution in [0.1, 0.15) is 128 Å². The number of hydrogen-bond acceptors (Lipinski definition) is 30. The highest BCUT2D eigenvalue weighted by molar-refractivity contribution is 7.13. The quantitative estimate of drug-likeness (QED) is 0.0320. The maximum Gasteiger partial charge on any atom is 0.351 e. The van der Waals surface area contributed by atoms with E-state index in [9.17, 15) is 48.4 Å². The third kappa shape index (κ3) is 19.7. The molecule has 20 rings (SSSR count). The van der Waals surface area contributed by atoms with E-state index in [4.69, 9.17) is 73.8 Å². The number of nitrogens with zero attached hydrogens (tertiary/aromatic N) is 14. The average Bonchev–Trinajstić information content (AvgIpc) is 1.50. The van der Waals surface area contributed by atoms with Crippen molar-refractivity contribution in [1.29, 1.82) is 0 Å². The first kappa shape index (κ1) is 98.1. The number of thiazole rings is 1. The van der Waals surface area contributed by atoms with Crippen LogP contribution in [0.25, 0.3) is 0 Å². The molecule has 0 amide bonds. The molecular weight excluding hydrogens is 1890 g/mol. The SMILES string of the molecule is CCNc1nc(C2Cc3ccccc3CN2C[C@H]2O[C@@H](n3ccc(N)nc3=O)C(F)(F)[C@@H]2O)cs1.COc1cc2c(cc1OC)C(c1ccc(Cl)cc1)N(C[C@H]1O[C@@H](n3ccc(N)nc3=O)C(F)(F)[C@@H]1O)CC2.Cc1ccn([C@@H]2O[C@H](CN3CCc4ccccc4C3c3ccn[nH]3)[C@@H](O)C2(F)F)c(=O)n1.Nc1ccn([C@@H]2O[C@H](CN3CCc4sccc4C3c3ccc(Cl)cc3)[C@@H](O)C2(F)F)c(=O)n1. The van der Waals surface area contributed by atoms with Crippen LogP contribution in [0.3, 0.4) is 0 Å². The minimum atomic E-state index is -3.74. The van der Waals surface area contributed by atoms with Crippen LogP contribution in [-0.4, -0.2) is 233 Å². The van der Waals surface area contributed by atoms with Crippen molar-refractivity contribution < 1.29 is 84.0 Å². The van der Waals surface area contributed by atoms with Gasteiger partial charge in [-0.1, -0.05) is 96.0 Å². The highest BCUT2D eigenvalue weighted by Gasteiger charge is 2.64. The molecule has 12 N–H and O–H groups in total. The van der Waals surface area contributed by atoms with Crippen molar-refractivity contribution in [2.45, 2.75) is 168 Å². The van der Waals surface area contributed by atoms with E-state index in [1.54, 1.807) is 62.9 Å². The molecule has 0 aliphatic carbocycles. The summed E-state index contributed by atoms with van der Waals surface area (Å²) in [5, 5.41) is 58.4. The summed E-state index contributed by atoms with van der Waals surface area (Å²) in [6, 6.07) is 42.5. The fourth-order valence-electron chi connectivity index (χ4n) is 19.0. The second kappa shape index (κ2) is 40.4. The topological polar surface area (TPSA) is 420 Å². The summed E-state index contributed by atoms with van der Waals surface area (Å²) < 4.78 is 157. The molecule has 0 radical (unpaired) electrons. The van der Waals surface area contributed by atoms with Gasteiger partial charge in [-0.2, -0.15) is 60.2 Å². The van der Waals surface area contributed by atoms with Crippen molar-refractivity contribution in [2.75, 3.05) is 89.1 Å². The molecule has 7 aromatic heterocycles. The zero-order valence-corrected chi connectivity index (χ0v) is 77.4. The second-order valence-electron chi connectivity index (χ2n) is 34.5. The van der Waals surface area contributed by atoms with Gasteiger partial charge in [0.1, 0.15) is 66.3 Å². The van der Waals surface area contributed by atoms with Gasteiger partial charge in [0.05, 0.1) is 49.8 Å². The van der Waals surface area contributed by atoms with E-state index >= 15 is 26.3 Å². The molecule has 0 saturated carbocycles. The average molecular weight is 1990 g/mol. The molecule has 15 heterocycles. The molecular formula is C93H97Cl2F8N19O14S2. The van der Waals surface area contributed by atoms with Crippen molar-refractivity contribution in [3.63, 3.8) is 0 Å². The number of thiophene rings is 1. The number of aromatic amines is 1. The summed E-state index contributed by atoms with van der Waals surface area (Å²) in [7, 11) is 3.11. The van der Waals surface area contributed by atoms with Gasteiger partial charge in [-0.05, 0) is 168 Å². The monoisotopic (exact) mass is 1990 g/mol. The lowest BCUT2D eigenvalue weighted by molar-refractivity contribution is -0.141. The largest absolute Gasteiger partial charge is 0.493 e. The molecule has 4 saturated heterocycles. The molecule has 730 valence electrons. The van der Waals surface area contributed by atoms with E-state index in [0.717, 1.165) is 98.0 Å². The van der Waals surface area contributed by atoms with E-state index in [0.29, 0.717) is 80.0 Å². The number of alkyl halides is 8. The van der Waals surface area contributed by atoms with Gasteiger partial charge in [-0.25, -0.2) is 24.2 Å². The summed E-state index contributed by atoms with van der Waals surface area (Å²) in [6.07, 6.45) is -12.4. The molecule has 12 aromatic rings. The maximum atomic E-state index is 15.2. The molecule has 33 nitrogen and oxygen atoms in total. The van der Waals surface area contributed by atoms with Gasteiger partial charge in [0.2, 0.25) is 24.9 Å². The van der Waals surface area contributed by atoms with Crippen molar-refractivity contribution in [2.24, 2.45) is 0 Å². The molecule has 45 heteroatoms. The van der Waals surface area contributed by atoms with E-state index < -0.39 is 120 Å². The van der Waals surface area contributed by atoms with Crippen molar-refractivity contribution in [3.05, 3.63) is 311 Å². The Morgan fingerprint density at radius 1 is 0.486 bits per heavy atom. The predicted molar refractivity (Wildman–Crippen MR) is 494 cm³/mol. The van der Waals surface area contributed by atoms with Crippen LogP contribution in [-0.2, 0) is 51.2 Å². The number of aliphatic hydroxyl groups is 4. The molecule has 138 heavy (non-hydrogen) atoms. The summed E-state index contributed by atoms with van der Waals surface area (Å²) in [5.41, 5.74) is 24.1. The normalized spacial score (nSPS) is 26.2. The fraction of sp³-hybridized carbons (Fsp3) is 0.398. The number of anilines is 4. The minimum absolute atomic E-state index is 0.0253. The summed E-state index contributed by atoms with van der Waals surface area (Å²) >= 11 is 15.3. The lowest BCUT2D eigenvalue weighted by atomic mass is 9.87. The number of methoxy groups -OCH3 is 2. The summed E-state index contributed by atoms with van der Waals surface area (Å²) in [4.78, 5) is 77.0. The second-order valence-corrected chi connectivity index (χ2v) is 37.2. The first-order valence-corrected chi connectivity index (χ1v) is 46.6. The number of fused-ring (bicyclic) bond motifs is 4. The van der Waals surface area contributed by atoms with Gasteiger partial charge in [0.15, 0.2) is 16.6 Å². The van der Waals surface area contributed by atoms with E-state index in [2.05, 4.69) is 47.6 Å². The number of halogens is 10. The van der Waals surface area contributed by atoms with Crippen molar-refractivity contribution >= 4 is 68.5 Å². The number of hydrogen-bond donors (Lipinski definition) is 9. The number of ether oxygens (including phenoxy) is 6.